The maximum atomic E-state index is 11.1. The van der Waals surface area contributed by atoms with Gasteiger partial charge in [0.25, 0.3) is 0 Å². The average molecular weight is 192 g/mol. The Morgan fingerprint density at radius 2 is 2.07 bits per heavy atom. The first-order valence-corrected chi connectivity index (χ1v) is 3.71. The van der Waals surface area contributed by atoms with Gasteiger partial charge in [-0.15, -0.1) is 4.91 Å². The van der Waals surface area contributed by atoms with Crippen LogP contribution in [0.1, 0.15) is 0 Å². The molecule has 0 saturated carbocycles. The van der Waals surface area contributed by atoms with Gasteiger partial charge < -0.3 is 4.42 Å². The normalized spacial score (nSPS) is 10.3. The molecule has 0 saturated heterocycles. The maximum Gasteiger partial charge on any atom is 0.419 e. The molecule has 6 heteroatoms. The molecule has 2 aromatic rings. The van der Waals surface area contributed by atoms with E-state index < -0.39 is 11.4 Å². The van der Waals surface area contributed by atoms with Gasteiger partial charge in [0, 0.05) is 0 Å². The first-order chi connectivity index (χ1) is 6.70. The van der Waals surface area contributed by atoms with E-state index in [-0.39, 0.29) is 16.6 Å². The summed E-state index contributed by atoms with van der Waals surface area (Å²) in [4.78, 5) is 34.3. The van der Waals surface area contributed by atoms with E-state index >= 15 is 0 Å². The van der Waals surface area contributed by atoms with E-state index in [1.54, 1.807) is 0 Å². The second-order valence-corrected chi connectivity index (χ2v) is 2.62. The maximum absolute atomic E-state index is 11.1. The topological polar surface area (TPSA) is 92.5 Å². The standard InChI is InChI=1S/C8H4N2O4/c11-7-5-2-1-4(10-13)3-6(5)9-8(12)14-7/h1-3H,(H,9,12). The Morgan fingerprint density at radius 1 is 1.29 bits per heavy atom. The number of fused-ring (bicyclic) bond motifs is 1. The molecule has 6 nitrogen and oxygen atoms in total. The molecule has 0 atom stereocenters. The zero-order valence-corrected chi connectivity index (χ0v) is 6.81. The number of hydrogen-bond donors (Lipinski definition) is 1. The van der Waals surface area contributed by atoms with Crippen LogP contribution in [0.15, 0.2) is 37.4 Å². The Bertz CT molecular complexity index is 611. The van der Waals surface area contributed by atoms with Gasteiger partial charge in [-0.2, -0.15) is 0 Å². The Labute approximate surface area is 76.2 Å². The van der Waals surface area contributed by atoms with E-state index in [0.717, 1.165) is 0 Å². The molecule has 0 unspecified atom stereocenters. The highest BCUT2D eigenvalue weighted by Gasteiger charge is 2.03. The lowest BCUT2D eigenvalue weighted by atomic mass is 10.2. The quantitative estimate of drug-likeness (QED) is 0.678. The number of aromatic nitrogens is 1. The number of nitroso groups, excluding NO2 is 1. The minimum Gasteiger partial charge on any atom is -0.372 e. The lowest BCUT2D eigenvalue weighted by Gasteiger charge is -1.94. The van der Waals surface area contributed by atoms with Crippen LogP contribution in [-0.4, -0.2) is 4.98 Å². The van der Waals surface area contributed by atoms with Gasteiger partial charge >= 0.3 is 11.4 Å². The molecule has 0 amide bonds. The van der Waals surface area contributed by atoms with Gasteiger partial charge in [0.15, 0.2) is 0 Å². The lowest BCUT2D eigenvalue weighted by molar-refractivity contribution is 0.460. The summed E-state index contributed by atoms with van der Waals surface area (Å²) in [6.07, 6.45) is 0. The fourth-order valence-corrected chi connectivity index (χ4v) is 1.15. The van der Waals surface area contributed by atoms with E-state index in [9.17, 15) is 14.5 Å². The van der Waals surface area contributed by atoms with Crippen molar-refractivity contribution in [1.29, 1.82) is 0 Å². The van der Waals surface area contributed by atoms with Gasteiger partial charge in [0.2, 0.25) is 0 Å². The molecule has 14 heavy (non-hydrogen) atoms. The summed E-state index contributed by atoms with van der Waals surface area (Å²) in [5, 5.41) is 2.88. The second-order valence-electron chi connectivity index (χ2n) is 2.62. The number of nitrogens with zero attached hydrogens (tertiary/aromatic N) is 1. The predicted octanol–water partition coefficient (Wildman–Crippen LogP) is 0.879. The molecule has 1 N–H and O–H groups in total. The Morgan fingerprint density at radius 3 is 2.79 bits per heavy atom. The van der Waals surface area contributed by atoms with Crippen LogP contribution < -0.4 is 11.4 Å². The van der Waals surface area contributed by atoms with Gasteiger partial charge in [-0.1, -0.05) is 0 Å². The highest BCUT2D eigenvalue weighted by atomic mass is 16.4. The van der Waals surface area contributed by atoms with Crippen LogP contribution in [0.4, 0.5) is 5.69 Å². The Hall–Kier alpha value is -2.24. The summed E-state index contributed by atoms with van der Waals surface area (Å²) >= 11 is 0. The lowest BCUT2D eigenvalue weighted by Crippen LogP contribution is -2.14. The van der Waals surface area contributed by atoms with Crippen LogP contribution >= 0.6 is 0 Å². The molecule has 0 fully saturated rings. The smallest absolute Gasteiger partial charge is 0.372 e. The molecule has 1 aromatic carbocycles. The molecule has 1 aromatic heterocycles. The summed E-state index contributed by atoms with van der Waals surface area (Å²) in [6, 6.07) is 4.04. The van der Waals surface area contributed by atoms with Crippen LogP contribution in [0.2, 0.25) is 0 Å². The number of rotatable bonds is 1. The van der Waals surface area contributed by atoms with E-state index in [4.69, 9.17) is 0 Å². The van der Waals surface area contributed by atoms with Crippen molar-refractivity contribution in [2.75, 3.05) is 0 Å². The highest BCUT2D eigenvalue weighted by molar-refractivity contribution is 5.79. The molecule has 70 valence electrons. The highest BCUT2D eigenvalue weighted by Crippen LogP contribution is 2.15. The number of hydrogen-bond acceptors (Lipinski definition) is 5. The molecule has 1 heterocycles. The summed E-state index contributed by atoms with van der Waals surface area (Å²) in [6.45, 7) is 0. The van der Waals surface area contributed by atoms with Gasteiger partial charge in [-0.05, 0) is 23.4 Å². The van der Waals surface area contributed by atoms with Crippen molar-refractivity contribution in [3.05, 3.63) is 44.1 Å². The van der Waals surface area contributed by atoms with Crippen molar-refractivity contribution in [2.45, 2.75) is 0 Å². The van der Waals surface area contributed by atoms with Gasteiger partial charge in [-0.3, -0.25) is 4.98 Å². The first-order valence-electron chi connectivity index (χ1n) is 3.71. The molecule has 0 bridgehead atoms. The van der Waals surface area contributed by atoms with Gasteiger partial charge in [-0.25, -0.2) is 9.59 Å². The first kappa shape index (κ1) is 8.36. The summed E-state index contributed by atoms with van der Waals surface area (Å²) < 4.78 is 4.29. The fourth-order valence-electron chi connectivity index (χ4n) is 1.15. The molecule has 0 radical (unpaired) electrons. The molecule has 0 aliphatic rings. The van der Waals surface area contributed by atoms with Crippen LogP contribution in [0.5, 0.6) is 0 Å². The number of nitrogens with one attached hydrogen (secondary N) is 1. The van der Waals surface area contributed by atoms with Crippen LogP contribution in [-0.2, 0) is 0 Å². The minimum atomic E-state index is -0.856. The molecule has 2 rings (SSSR count). The monoisotopic (exact) mass is 192 g/mol. The SMILES string of the molecule is O=Nc1ccc2c(=O)oc(=O)[nH]c2c1. The Balaban J connectivity index is 2.95. The summed E-state index contributed by atoms with van der Waals surface area (Å²) in [7, 11) is 0. The van der Waals surface area contributed by atoms with E-state index in [2.05, 4.69) is 14.6 Å². The van der Waals surface area contributed by atoms with E-state index in [0.29, 0.717) is 0 Å². The van der Waals surface area contributed by atoms with Crippen molar-refractivity contribution in [2.24, 2.45) is 5.18 Å². The van der Waals surface area contributed by atoms with Gasteiger partial charge in [0.1, 0.15) is 5.69 Å². The molecular formula is C8H4N2O4. The fraction of sp³-hybridized carbons (Fsp3) is 0. The van der Waals surface area contributed by atoms with Crippen molar-refractivity contribution in [3.63, 3.8) is 0 Å². The van der Waals surface area contributed by atoms with E-state index in [1.165, 1.54) is 18.2 Å². The zero-order valence-electron chi connectivity index (χ0n) is 6.81. The largest absolute Gasteiger partial charge is 0.419 e. The summed E-state index contributed by atoms with van der Waals surface area (Å²) in [5.41, 5.74) is -0.358. The van der Waals surface area contributed by atoms with Crippen molar-refractivity contribution in [1.82, 2.24) is 4.98 Å². The van der Waals surface area contributed by atoms with Crippen LogP contribution in [0, 0.1) is 4.91 Å². The third-order valence-corrected chi connectivity index (χ3v) is 1.75. The van der Waals surface area contributed by atoms with Crippen molar-refractivity contribution < 1.29 is 4.42 Å². The Kier molecular flexibility index (Phi) is 1.74. The van der Waals surface area contributed by atoms with E-state index in [1.807, 2.05) is 0 Å². The third-order valence-electron chi connectivity index (χ3n) is 1.75. The third kappa shape index (κ3) is 1.22. The summed E-state index contributed by atoms with van der Waals surface area (Å²) in [5.74, 6) is -0.856. The predicted molar refractivity (Wildman–Crippen MR) is 48.6 cm³/mol. The number of benzene rings is 1. The van der Waals surface area contributed by atoms with Crippen molar-refractivity contribution >= 4 is 16.6 Å². The molecule has 0 aliphatic carbocycles. The molecule has 0 spiro atoms. The minimum absolute atomic E-state index is 0.138. The van der Waals surface area contributed by atoms with Crippen LogP contribution in [0.25, 0.3) is 10.9 Å². The number of H-pyrrole nitrogens is 1. The van der Waals surface area contributed by atoms with Crippen LogP contribution in [0.3, 0.4) is 0 Å². The average Bonchev–Trinajstić information content (AvgIpc) is 2.16. The second kappa shape index (κ2) is 2.91. The molecule has 0 aliphatic heterocycles. The molecular weight excluding hydrogens is 188 g/mol. The zero-order chi connectivity index (χ0) is 10.1. The van der Waals surface area contributed by atoms with Crippen molar-refractivity contribution in [3.8, 4) is 0 Å². The number of aromatic amines is 1. The van der Waals surface area contributed by atoms with Gasteiger partial charge in [0.05, 0.1) is 10.9 Å².